The number of carbonyl (C=O) groups excluding carboxylic acids is 2. The minimum absolute atomic E-state index is 0.184. The second-order valence-corrected chi connectivity index (χ2v) is 8.03. The van der Waals surface area contributed by atoms with Crippen LogP contribution < -0.4 is 10.1 Å². The molecular formula is C22H25Cl3N2O3. The first-order valence-electron chi connectivity index (χ1n) is 9.72. The van der Waals surface area contributed by atoms with Gasteiger partial charge < -0.3 is 15.0 Å². The molecule has 0 spiro atoms. The highest BCUT2D eigenvalue weighted by atomic mass is 35.5. The molecule has 0 fully saturated rings. The Morgan fingerprint density at radius 3 is 2.47 bits per heavy atom. The fraction of sp³-hybridized carbons (Fsp3) is 0.364. The van der Waals surface area contributed by atoms with Gasteiger partial charge in [0.05, 0.1) is 15.1 Å². The first kappa shape index (κ1) is 24.3. The van der Waals surface area contributed by atoms with Gasteiger partial charge in [0.15, 0.2) is 6.61 Å². The number of halogens is 3. The van der Waals surface area contributed by atoms with E-state index in [-0.39, 0.29) is 25.0 Å². The fourth-order valence-electron chi connectivity index (χ4n) is 2.74. The third kappa shape index (κ3) is 7.08. The molecule has 0 heterocycles. The molecule has 2 aromatic rings. The third-order valence-corrected chi connectivity index (χ3v) is 5.57. The number of para-hydroxylation sites is 1. The van der Waals surface area contributed by atoms with Crippen LogP contribution in [-0.2, 0) is 16.1 Å². The summed E-state index contributed by atoms with van der Waals surface area (Å²) < 4.78 is 5.59. The van der Waals surface area contributed by atoms with Crippen LogP contribution in [0, 0.1) is 0 Å². The standard InChI is InChI=1S/C22H25Cl3N2O3/c1-3-4-11-26-22(29)15(2)27(13-16-9-10-17(23)19(25)12-16)21(28)14-30-20-8-6-5-7-18(20)24/h5-10,12,15H,3-4,11,13-14H2,1-2H3,(H,26,29)/t15-/m1/s1. The summed E-state index contributed by atoms with van der Waals surface area (Å²) >= 11 is 18.2. The Bertz CT molecular complexity index is 876. The van der Waals surface area contributed by atoms with Gasteiger partial charge in [-0.05, 0) is 43.2 Å². The van der Waals surface area contributed by atoms with Crippen LogP contribution in [0.3, 0.4) is 0 Å². The van der Waals surface area contributed by atoms with Gasteiger partial charge in [0.2, 0.25) is 5.91 Å². The Morgan fingerprint density at radius 1 is 1.07 bits per heavy atom. The van der Waals surface area contributed by atoms with E-state index in [9.17, 15) is 9.59 Å². The van der Waals surface area contributed by atoms with Crippen molar-refractivity contribution in [3.8, 4) is 5.75 Å². The molecule has 1 N–H and O–H groups in total. The van der Waals surface area contributed by atoms with E-state index < -0.39 is 6.04 Å². The molecule has 0 aliphatic heterocycles. The first-order chi connectivity index (χ1) is 14.3. The molecule has 2 amide bonds. The molecule has 0 aliphatic rings. The van der Waals surface area contributed by atoms with Gasteiger partial charge in [-0.1, -0.05) is 66.3 Å². The topological polar surface area (TPSA) is 58.6 Å². The summed E-state index contributed by atoms with van der Waals surface area (Å²) in [6.07, 6.45) is 1.83. The molecular weight excluding hydrogens is 447 g/mol. The van der Waals surface area contributed by atoms with Gasteiger partial charge in [-0.25, -0.2) is 0 Å². The molecule has 0 saturated carbocycles. The maximum Gasteiger partial charge on any atom is 0.261 e. The Labute approximate surface area is 192 Å². The van der Waals surface area contributed by atoms with E-state index in [0.717, 1.165) is 18.4 Å². The number of ether oxygens (including phenoxy) is 1. The first-order valence-corrected chi connectivity index (χ1v) is 10.8. The number of carbonyl (C=O) groups is 2. The lowest BCUT2D eigenvalue weighted by atomic mass is 10.1. The monoisotopic (exact) mass is 470 g/mol. The molecule has 0 aromatic heterocycles. The maximum atomic E-state index is 13.0. The van der Waals surface area contributed by atoms with Gasteiger partial charge in [-0.2, -0.15) is 0 Å². The van der Waals surface area contributed by atoms with Gasteiger partial charge in [0, 0.05) is 13.1 Å². The normalized spacial score (nSPS) is 11.6. The molecule has 1 atom stereocenters. The highest BCUT2D eigenvalue weighted by Gasteiger charge is 2.26. The zero-order valence-corrected chi connectivity index (χ0v) is 19.2. The van der Waals surface area contributed by atoms with Gasteiger partial charge in [0.1, 0.15) is 11.8 Å². The van der Waals surface area contributed by atoms with Crippen LogP contribution in [0.1, 0.15) is 32.3 Å². The number of nitrogens with one attached hydrogen (secondary N) is 1. The molecule has 2 aromatic carbocycles. The molecule has 30 heavy (non-hydrogen) atoms. The smallest absolute Gasteiger partial charge is 0.261 e. The van der Waals surface area contributed by atoms with E-state index in [1.165, 1.54) is 4.90 Å². The molecule has 2 rings (SSSR count). The summed E-state index contributed by atoms with van der Waals surface area (Å²) in [5.74, 6) is -0.171. The van der Waals surface area contributed by atoms with Crippen molar-refractivity contribution in [3.05, 3.63) is 63.1 Å². The third-order valence-electron chi connectivity index (χ3n) is 4.52. The molecule has 0 unspecified atom stereocenters. The molecule has 5 nitrogen and oxygen atoms in total. The van der Waals surface area contributed by atoms with E-state index in [2.05, 4.69) is 5.32 Å². The summed E-state index contributed by atoms with van der Waals surface area (Å²) in [5.41, 5.74) is 0.753. The maximum absolute atomic E-state index is 13.0. The van der Waals surface area contributed by atoms with Crippen molar-refractivity contribution in [3.63, 3.8) is 0 Å². The summed E-state index contributed by atoms with van der Waals surface area (Å²) in [5, 5.41) is 4.08. The molecule has 162 valence electrons. The predicted molar refractivity (Wildman–Crippen MR) is 121 cm³/mol. The highest BCUT2D eigenvalue weighted by molar-refractivity contribution is 6.42. The van der Waals surface area contributed by atoms with E-state index in [0.29, 0.717) is 27.4 Å². The van der Waals surface area contributed by atoms with Crippen molar-refractivity contribution in [1.29, 1.82) is 0 Å². The lowest BCUT2D eigenvalue weighted by Gasteiger charge is -2.29. The Balaban J connectivity index is 2.15. The second kappa shape index (κ2) is 12.0. The highest BCUT2D eigenvalue weighted by Crippen LogP contribution is 2.25. The van der Waals surface area contributed by atoms with Crippen molar-refractivity contribution in [2.75, 3.05) is 13.2 Å². The van der Waals surface area contributed by atoms with Gasteiger partial charge in [-0.3, -0.25) is 9.59 Å². The van der Waals surface area contributed by atoms with Crippen LogP contribution in [0.15, 0.2) is 42.5 Å². The molecule has 0 radical (unpaired) electrons. The number of amides is 2. The van der Waals surface area contributed by atoms with Crippen LogP contribution >= 0.6 is 34.8 Å². The van der Waals surface area contributed by atoms with Gasteiger partial charge in [-0.15, -0.1) is 0 Å². The summed E-state index contributed by atoms with van der Waals surface area (Å²) in [6.45, 7) is 4.22. The van der Waals surface area contributed by atoms with Crippen molar-refractivity contribution < 1.29 is 14.3 Å². The van der Waals surface area contributed by atoms with Crippen LogP contribution in [0.4, 0.5) is 0 Å². The predicted octanol–water partition coefficient (Wildman–Crippen LogP) is 5.36. The zero-order valence-electron chi connectivity index (χ0n) is 17.0. The average molecular weight is 472 g/mol. The van der Waals surface area contributed by atoms with Crippen LogP contribution in [-0.4, -0.2) is 35.9 Å². The van der Waals surface area contributed by atoms with E-state index >= 15 is 0 Å². The van der Waals surface area contributed by atoms with Crippen LogP contribution in [0.25, 0.3) is 0 Å². The number of unbranched alkanes of at least 4 members (excludes halogenated alkanes) is 1. The van der Waals surface area contributed by atoms with E-state index in [1.54, 1.807) is 49.4 Å². The van der Waals surface area contributed by atoms with Crippen molar-refractivity contribution in [1.82, 2.24) is 10.2 Å². The summed E-state index contributed by atoms with van der Waals surface area (Å²) in [7, 11) is 0. The number of hydrogen-bond acceptors (Lipinski definition) is 3. The van der Waals surface area contributed by atoms with Gasteiger partial charge >= 0.3 is 0 Å². The van der Waals surface area contributed by atoms with Gasteiger partial charge in [0.25, 0.3) is 5.91 Å². The lowest BCUT2D eigenvalue weighted by molar-refractivity contribution is -0.142. The minimum Gasteiger partial charge on any atom is -0.482 e. The Hall–Kier alpha value is -1.95. The second-order valence-electron chi connectivity index (χ2n) is 6.81. The fourth-order valence-corrected chi connectivity index (χ4v) is 3.25. The lowest BCUT2D eigenvalue weighted by Crippen LogP contribution is -2.49. The minimum atomic E-state index is -0.696. The number of nitrogens with zero attached hydrogens (tertiary/aromatic N) is 1. The largest absolute Gasteiger partial charge is 0.482 e. The van der Waals surface area contributed by atoms with Crippen molar-refractivity contribution in [2.24, 2.45) is 0 Å². The molecule has 0 bridgehead atoms. The number of rotatable bonds is 10. The summed E-state index contributed by atoms with van der Waals surface area (Å²) in [6, 6.07) is 11.3. The average Bonchev–Trinajstić information content (AvgIpc) is 2.73. The quantitative estimate of drug-likeness (QED) is 0.475. The van der Waals surface area contributed by atoms with Crippen molar-refractivity contribution in [2.45, 2.75) is 39.3 Å². The van der Waals surface area contributed by atoms with E-state index in [1.807, 2.05) is 6.92 Å². The zero-order chi connectivity index (χ0) is 22.1. The molecule has 8 heteroatoms. The van der Waals surface area contributed by atoms with Crippen LogP contribution in [0.2, 0.25) is 15.1 Å². The molecule has 0 aliphatic carbocycles. The SMILES string of the molecule is CCCCNC(=O)[C@@H](C)N(Cc1ccc(Cl)c(Cl)c1)C(=O)COc1ccccc1Cl. The number of hydrogen-bond donors (Lipinski definition) is 1. The van der Waals surface area contributed by atoms with Crippen molar-refractivity contribution >= 4 is 46.6 Å². The summed E-state index contributed by atoms with van der Waals surface area (Å²) in [4.78, 5) is 27.0. The molecule has 0 saturated heterocycles. The Kier molecular flexibility index (Phi) is 9.76. The van der Waals surface area contributed by atoms with E-state index in [4.69, 9.17) is 39.5 Å². The Morgan fingerprint density at radius 2 is 1.80 bits per heavy atom. The van der Waals surface area contributed by atoms with Crippen LogP contribution in [0.5, 0.6) is 5.75 Å². The number of benzene rings is 2.